The first kappa shape index (κ1) is 19.6. The number of alkyl halides is 3. The highest BCUT2D eigenvalue weighted by atomic mass is 19.4. The van der Waals surface area contributed by atoms with Gasteiger partial charge < -0.3 is 5.11 Å². The Morgan fingerprint density at radius 2 is 1.79 bits per heavy atom. The number of hydrogen-bond acceptors (Lipinski definition) is 3. The van der Waals surface area contributed by atoms with Gasteiger partial charge in [0.25, 0.3) is 0 Å². The Bertz CT molecular complexity index is 1030. The molecule has 0 fully saturated rings. The number of carboxylic acids is 1. The molecule has 146 valence electrons. The standard InChI is InChI=1S/C18H12F5N3O2/c1-9-6-15(18(21,22)23)24-8-10(9)14-7-13(17(27)28)25-26(14,2)16-11(19)4-3-5-12(16)20/h3-8H,1-2H3/p+1. The van der Waals surface area contributed by atoms with Gasteiger partial charge in [0.2, 0.25) is 11.4 Å². The summed E-state index contributed by atoms with van der Waals surface area (Å²) in [5, 5.41) is 13.2. The number of hydrogen-bond donors (Lipinski definition) is 1. The summed E-state index contributed by atoms with van der Waals surface area (Å²) in [5.41, 5.74) is -2.06. The lowest BCUT2D eigenvalue weighted by atomic mass is 10.0. The Morgan fingerprint density at radius 3 is 2.29 bits per heavy atom. The number of nitrogens with zero attached hydrogens (tertiary/aromatic N) is 3. The highest BCUT2D eigenvalue weighted by molar-refractivity contribution is 6.42. The van der Waals surface area contributed by atoms with E-state index in [0.717, 1.165) is 36.5 Å². The quantitative estimate of drug-likeness (QED) is 0.625. The van der Waals surface area contributed by atoms with Crippen LogP contribution < -0.4 is 4.59 Å². The summed E-state index contributed by atoms with van der Waals surface area (Å²) >= 11 is 0. The number of pyridine rings is 1. The molecule has 0 saturated carbocycles. The molecule has 0 spiro atoms. The second-order valence-electron chi connectivity index (χ2n) is 6.23. The van der Waals surface area contributed by atoms with Crippen LogP contribution in [0.3, 0.4) is 0 Å². The summed E-state index contributed by atoms with van der Waals surface area (Å²) in [7, 11) is 1.24. The molecule has 10 heteroatoms. The predicted octanol–water partition coefficient (Wildman–Crippen LogP) is 4.12. The van der Waals surface area contributed by atoms with Crippen molar-refractivity contribution < 1.29 is 31.9 Å². The van der Waals surface area contributed by atoms with Gasteiger partial charge in [-0.1, -0.05) is 11.2 Å². The van der Waals surface area contributed by atoms with Gasteiger partial charge in [0.15, 0.2) is 17.3 Å². The lowest BCUT2D eigenvalue weighted by Crippen LogP contribution is -2.37. The van der Waals surface area contributed by atoms with Crippen LogP contribution in [0.15, 0.2) is 41.6 Å². The van der Waals surface area contributed by atoms with Crippen LogP contribution in [-0.2, 0) is 11.0 Å². The van der Waals surface area contributed by atoms with E-state index in [4.69, 9.17) is 0 Å². The van der Waals surface area contributed by atoms with Crippen LogP contribution >= 0.6 is 0 Å². The summed E-state index contributed by atoms with van der Waals surface area (Å²) < 4.78 is 66.5. The minimum Gasteiger partial charge on any atom is -0.476 e. The molecule has 0 saturated heterocycles. The molecule has 0 aliphatic carbocycles. The van der Waals surface area contributed by atoms with Crippen molar-refractivity contribution in [2.24, 2.45) is 5.10 Å². The number of rotatable bonds is 3. The third-order valence-electron chi connectivity index (χ3n) is 4.32. The molecular weight excluding hydrogens is 385 g/mol. The Morgan fingerprint density at radius 1 is 1.18 bits per heavy atom. The lowest BCUT2D eigenvalue weighted by Gasteiger charge is -2.27. The highest BCUT2D eigenvalue weighted by Gasteiger charge is 2.45. The Balaban J connectivity index is 2.24. The van der Waals surface area contributed by atoms with E-state index in [-0.39, 0.29) is 16.8 Å². The van der Waals surface area contributed by atoms with Crippen LogP contribution in [0.25, 0.3) is 5.70 Å². The van der Waals surface area contributed by atoms with E-state index in [1.165, 1.54) is 14.0 Å². The minimum atomic E-state index is -4.67. The molecular formula is C18H13F5N3O2+. The fourth-order valence-electron chi connectivity index (χ4n) is 3.02. The molecule has 1 aliphatic rings. The molecule has 2 aromatic rings. The van der Waals surface area contributed by atoms with E-state index in [2.05, 4.69) is 10.1 Å². The number of carboxylic acid groups (broad SMARTS) is 1. The monoisotopic (exact) mass is 398 g/mol. The Labute approximate surface area is 155 Å². The van der Waals surface area contributed by atoms with Gasteiger partial charge >= 0.3 is 12.1 Å². The number of benzene rings is 1. The molecule has 0 bridgehead atoms. The highest BCUT2D eigenvalue weighted by Crippen LogP contribution is 2.41. The van der Waals surface area contributed by atoms with Crippen molar-refractivity contribution in [1.82, 2.24) is 9.58 Å². The molecule has 1 aromatic carbocycles. The van der Waals surface area contributed by atoms with Gasteiger partial charge in [-0.05, 0) is 30.7 Å². The largest absolute Gasteiger partial charge is 0.476 e. The van der Waals surface area contributed by atoms with Crippen LogP contribution in [0, 0.1) is 18.6 Å². The van der Waals surface area contributed by atoms with E-state index in [1.807, 2.05) is 0 Å². The first-order valence-corrected chi connectivity index (χ1v) is 7.86. The lowest BCUT2D eigenvalue weighted by molar-refractivity contribution is -0.141. The summed E-state index contributed by atoms with van der Waals surface area (Å²) in [4.78, 5) is 14.8. The first-order chi connectivity index (χ1) is 12.9. The maximum absolute atomic E-state index is 14.4. The third kappa shape index (κ3) is 3.15. The van der Waals surface area contributed by atoms with E-state index >= 15 is 0 Å². The SMILES string of the molecule is Cc1cc(C(F)(F)F)ncc1C1=CC(C(=O)O)=N[N+]1(C)c1c(F)cccc1F. The van der Waals surface area contributed by atoms with Crippen molar-refractivity contribution >= 4 is 23.1 Å². The second-order valence-corrected chi connectivity index (χ2v) is 6.23. The fraction of sp³-hybridized carbons (Fsp3) is 0.167. The number of halogens is 5. The zero-order chi connectivity index (χ0) is 20.9. The van der Waals surface area contributed by atoms with Crippen LogP contribution in [0.1, 0.15) is 16.8 Å². The van der Waals surface area contributed by atoms with Crippen molar-refractivity contribution in [3.8, 4) is 0 Å². The molecule has 3 rings (SSSR count). The van der Waals surface area contributed by atoms with Gasteiger partial charge in [-0.3, -0.25) is 4.98 Å². The average molecular weight is 398 g/mol. The van der Waals surface area contributed by atoms with Crippen molar-refractivity contribution in [2.75, 3.05) is 7.05 Å². The average Bonchev–Trinajstić information content (AvgIpc) is 2.92. The van der Waals surface area contributed by atoms with Gasteiger partial charge in [0.1, 0.15) is 12.7 Å². The number of aliphatic carboxylic acids is 1. The molecule has 28 heavy (non-hydrogen) atoms. The fourth-order valence-corrected chi connectivity index (χ4v) is 3.02. The van der Waals surface area contributed by atoms with Crippen LogP contribution in [0.2, 0.25) is 0 Å². The van der Waals surface area contributed by atoms with Crippen LogP contribution in [0.4, 0.5) is 27.6 Å². The van der Waals surface area contributed by atoms with Crippen LogP contribution in [-0.4, -0.2) is 28.8 Å². The molecule has 1 atom stereocenters. The molecule has 1 aromatic heterocycles. The van der Waals surface area contributed by atoms with E-state index < -0.39 is 45.5 Å². The molecule has 5 nitrogen and oxygen atoms in total. The smallest absolute Gasteiger partial charge is 0.433 e. The maximum atomic E-state index is 14.4. The number of quaternary nitrogens is 1. The second kappa shape index (κ2) is 6.48. The zero-order valence-corrected chi connectivity index (χ0v) is 14.6. The van der Waals surface area contributed by atoms with Gasteiger partial charge in [-0.15, -0.1) is 4.59 Å². The normalized spacial score (nSPS) is 19.4. The first-order valence-electron chi connectivity index (χ1n) is 7.86. The van der Waals surface area contributed by atoms with Gasteiger partial charge in [0.05, 0.1) is 5.56 Å². The molecule has 2 heterocycles. The third-order valence-corrected chi connectivity index (χ3v) is 4.32. The van der Waals surface area contributed by atoms with E-state index in [1.54, 1.807) is 0 Å². The summed E-state index contributed by atoms with van der Waals surface area (Å²) in [5.74, 6) is -3.42. The number of carbonyl (C=O) groups is 1. The number of para-hydroxylation sites is 1. The minimum absolute atomic E-state index is 0.0277. The topological polar surface area (TPSA) is 62.5 Å². The van der Waals surface area contributed by atoms with E-state index in [9.17, 15) is 31.9 Å². The summed E-state index contributed by atoms with van der Waals surface area (Å²) in [6.07, 6.45) is -2.73. The zero-order valence-electron chi connectivity index (χ0n) is 14.6. The van der Waals surface area contributed by atoms with Crippen molar-refractivity contribution in [1.29, 1.82) is 0 Å². The molecule has 1 unspecified atom stereocenters. The summed E-state index contributed by atoms with van der Waals surface area (Å²) in [6, 6.07) is 3.86. The number of aromatic nitrogens is 1. The Kier molecular flexibility index (Phi) is 4.54. The van der Waals surface area contributed by atoms with Crippen molar-refractivity contribution in [3.63, 3.8) is 0 Å². The van der Waals surface area contributed by atoms with Crippen molar-refractivity contribution in [3.05, 3.63) is 65.0 Å². The molecule has 1 N–H and O–H groups in total. The summed E-state index contributed by atoms with van der Waals surface area (Å²) in [6.45, 7) is 1.36. The van der Waals surface area contributed by atoms with Gasteiger partial charge in [-0.25, -0.2) is 13.6 Å². The predicted molar refractivity (Wildman–Crippen MR) is 91.1 cm³/mol. The van der Waals surface area contributed by atoms with Crippen LogP contribution in [0.5, 0.6) is 0 Å². The van der Waals surface area contributed by atoms with Gasteiger partial charge in [-0.2, -0.15) is 13.2 Å². The van der Waals surface area contributed by atoms with Crippen molar-refractivity contribution in [2.45, 2.75) is 13.1 Å². The molecule has 0 amide bonds. The maximum Gasteiger partial charge on any atom is 0.433 e. The van der Waals surface area contributed by atoms with E-state index in [0.29, 0.717) is 0 Å². The van der Waals surface area contributed by atoms with Gasteiger partial charge in [0, 0.05) is 12.3 Å². The molecule has 1 aliphatic heterocycles. The Hall–Kier alpha value is -3.14. The number of aryl methyl sites for hydroxylation is 1. The molecule has 0 radical (unpaired) electrons.